The minimum absolute atomic E-state index is 0.0675. The summed E-state index contributed by atoms with van der Waals surface area (Å²) in [6.07, 6.45) is 0.695. The molecule has 1 aromatic carbocycles. The molecular formula is C13H14BrF3. The zero-order valence-corrected chi connectivity index (χ0v) is 10.9. The molecule has 0 heterocycles. The van der Waals surface area contributed by atoms with Gasteiger partial charge in [0.25, 0.3) is 0 Å². The van der Waals surface area contributed by atoms with Crippen LogP contribution in [0.15, 0.2) is 22.7 Å². The molecule has 0 N–H and O–H groups in total. The van der Waals surface area contributed by atoms with Crippen molar-refractivity contribution in [3.8, 4) is 0 Å². The summed E-state index contributed by atoms with van der Waals surface area (Å²) in [4.78, 5) is 0. The van der Waals surface area contributed by atoms with E-state index in [4.69, 9.17) is 0 Å². The van der Waals surface area contributed by atoms with Crippen LogP contribution in [-0.2, 0) is 6.18 Å². The molecule has 0 radical (unpaired) electrons. The highest BCUT2D eigenvalue weighted by atomic mass is 79.9. The molecule has 0 aliphatic heterocycles. The van der Waals surface area contributed by atoms with Gasteiger partial charge in [0.2, 0.25) is 0 Å². The molecule has 1 fully saturated rings. The van der Waals surface area contributed by atoms with Gasteiger partial charge in [-0.25, -0.2) is 0 Å². The predicted octanol–water partition coefficient (Wildman–Crippen LogP) is 5.52. The van der Waals surface area contributed by atoms with Crippen LogP contribution in [0, 0.1) is 0 Å². The summed E-state index contributed by atoms with van der Waals surface area (Å²) < 4.78 is 39.3. The normalized spacial score (nSPS) is 18.4. The molecule has 1 aromatic rings. The van der Waals surface area contributed by atoms with Crippen LogP contribution >= 0.6 is 15.9 Å². The monoisotopic (exact) mass is 306 g/mol. The lowest BCUT2D eigenvalue weighted by Crippen LogP contribution is -2.14. The van der Waals surface area contributed by atoms with Crippen LogP contribution in [0.4, 0.5) is 13.2 Å². The molecule has 0 aromatic heterocycles. The van der Waals surface area contributed by atoms with Crippen LogP contribution in [0.25, 0.3) is 0 Å². The molecule has 1 aliphatic rings. The lowest BCUT2D eigenvalue weighted by molar-refractivity contribution is -0.139. The summed E-state index contributed by atoms with van der Waals surface area (Å²) in [5.41, 5.74) is -0.0153. The van der Waals surface area contributed by atoms with Gasteiger partial charge in [-0.15, -0.1) is 0 Å². The second-order valence-electron chi connectivity index (χ2n) is 4.54. The molecule has 2 rings (SSSR count). The fourth-order valence-corrected chi connectivity index (χ4v) is 3.20. The second-order valence-corrected chi connectivity index (χ2v) is 5.39. The van der Waals surface area contributed by atoms with E-state index in [1.165, 1.54) is 6.07 Å². The van der Waals surface area contributed by atoms with Crippen molar-refractivity contribution < 1.29 is 13.2 Å². The Morgan fingerprint density at radius 1 is 1.06 bits per heavy atom. The highest BCUT2D eigenvalue weighted by molar-refractivity contribution is 9.10. The molecule has 1 saturated carbocycles. The number of rotatable bonds is 1. The van der Waals surface area contributed by atoms with Crippen molar-refractivity contribution in [3.05, 3.63) is 33.8 Å². The van der Waals surface area contributed by atoms with Gasteiger partial charge < -0.3 is 0 Å². The van der Waals surface area contributed by atoms with E-state index in [0.29, 0.717) is 5.56 Å². The first-order chi connectivity index (χ1) is 8.00. The second kappa shape index (κ2) is 5.01. The summed E-state index contributed by atoms with van der Waals surface area (Å²) in [5, 5.41) is 0. The van der Waals surface area contributed by atoms with Crippen molar-refractivity contribution in [2.24, 2.45) is 0 Å². The standard InChI is InChI=1S/C13H14BrF3/c14-11-8-4-7-10(12(11)13(15,16)17)9-5-2-1-3-6-9/h4,7-9H,1-3,5-6H2. The molecule has 1 aliphatic carbocycles. The van der Waals surface area contributed by atoms with Gasteiger partial charge in [0.15, 0.2) is 0 Å². The van der Waals surface area contributed by atoms with Crippen molar-refractivity contribution >= 4 is 15.9 Å². The zero-order chi connectivity index (χ0) is 12.5. The molecule has 94 valence electrons. The third kappa shape index (κ3) is 2.84. The lowest BCUT2D eigenvalue weighted by atomic mass is 9.82. The maximum atomic E-state index is 13.0. The molecule has 0 amide bonds. The van der Waals surface area contributed by atoms with Gasteiger partial charge in [0.1, 0.15) is 0 Å². The Hall–Kier alpha value is -0.510. The third-order valence-corrected chi connectivity index (χ3v) is 4.04. The van der Waals surface area contributed by atoms with E-state index in [0.717, 1.165) is 32.1 Å². The average Bonchev–Trinajstić information content (AvgIpc) is 2.28. The quantitative estimate of drug-likeness (QED) is 0.641. The van der Waals surface area contributed by atoms with Crippen LogP contribution in [-0.4, -0.2) is 0 Å². The largest absolute Gasteiger partial charge is 0.417 e. The number of benzene rings is 1. The average molecular weight is 307 g/mol. The van der Waals surface area contributed by atoms with Gasteiger partial charge in [-0.1, -0.05) is 47.3 Å². The maximum Gasteiger partial charge on any atom is 0.417 e. The highest BCUT2D eigenvalue weighted by Crippen LogP contribution is 2.43. The minimum Gasteiger partial charge on any atom is -0.166 e. The number of hydrogen-bond acceptors (Lipinski definition) is 0. The number of hydrogen-bond donors (Lipinski definition) is 0. The van der Waals surface area contributed by atoms with E-state index in [1.54, 1.807) is 12.1 Å². The summed E-state index contributed by atoms with van der Waals surface area (Å²) in [5.74, 6) is 0.0675. The van der Waals surface area contributed by atoms with Crippen molar-refractivity contribution in [3.63, 3.8) is 0 Å². The van der Waals surface area contributed by atoms with Crippen LogP contribution in [0.2, 0.25) is 0 Å². The van der Waals surface area contributed by atoms with Crippen molar-refractivity contribution in [2.75, 3.05) is 0 Å². The van der Waals surface area contributed by atoms with E-state index in [-0.39, 0.29) is 10.4 Å². The van der Waals surface area contributed by atoms with E-state index in [1.807, 2.05) is 0 Å². The third-order valence-electron chi connectivity index (χ3n) is 3.37. The Kier molecular flexibility index (Phi) is 3.81. The Bertz CT molecular complexity index is 392. The molecule has 0 bridgehead atoms. The van der Waals surface area contributed by atoms with E-state index in [2.05, 4.69) is 15.9 Å². The molecule has 0 saturated heterocycles. The first-order valence-electron chi connectivity index (χ1n) is 5.86. The first kappa shape index (κ1) is 12.9. The van der Waals surface area contributed by atoms with Gasteiger partial charge in [-0.2, -0.15) is 13.2 Å². The van der Waals surface area contributed by atoms with Crippen LogP contribution in [0.3, 0.4) is 0 Å². The first-order valence-corrected chi connectivity index (χ1v) is 6.65. The summed E-state index contributed by atoms with van der Waals surface area (Å²) >= 11 is 3.03. The summed E-state index contributed by atoms with van der Waals surface area (Å²) in [6, 6.07) is 4.79. The van der Waals surface area contributed by atoms with E-state index in [9.17, 15) is 13.2 Å². The zero-order valence-electron chi connectivity index (χ0n) is 9.36. The van der Waals surface area contributed by atoms with Crippen LogP contribution < -0.4 is 0 Å². The number of halogens is 4. The minimum atomic E-state index is -4.27. The Labute approximate surface area is 107 Å². The molecular weight excluding hydrogens is 293 g/mol. The van der Waals surface area contributed by atoms with Gasteiger partial charge in [-0.05, 0) is 30.4 Å². The van der Waals surface area contributed by atoms with Gasteiger partial charge in [-0.3, -0.25) is 0 Å². The van der Waals surface area contributed by atoms with Crippen LogP contribution in [0.1, 0.15) is 49.1 Å². The Morgan fingerprint density at radius 2 is 1.71 bits per heavy atom. The topological polar surface area (TPSA) is 0 Å². The van der Waals surface area contributed by atoms with Crippen molar-refractivity contribution in [2.45, 2.75) is 44.2 Å². The smallest absolute Gasteiger partial charge is 0.166 e. The summed E-state index contributed by atoms with van der Waals surface area (Å²) in [7, 11) is 0. The molecule has 0 spiro atoms. The van der Waals surface area contributed by atoms with Crippen LogP contribution in [0.5, 0.6) is 0 Å². The molecule has 0 atom stereocenters. The van der Waals surface area contributed by atoms with Gasteiger partial charge in [0, 0.05) is 4.47 Å². The Morgan fingerprint density at radius 3 is 2.29 bits per heavy atom. The lowest BCUT2D eigenvalue weighted by Gasteiger charge is -2.25. The number of alkyl halides is 3. The maximum absolute atomic E-state index is 13.0. The van der Waals surface area contributed by atoms with Gasteiger partial charge in [0.05, 0.1) is 5.56 Å². The molecule has 0 nitrogen and oxygen atoms in total. The van der Waals surface area contributed by atoms with Crippen molar-refractivity contribution in [1.82, 2.24) is 0 Å². The summed E-state index contributed by atoms with van der Waals surface area (Å²) in [6.45, 7) is 0. The van der Waals surface area contributed by atoms with E-state index >= 15 is 0 Å². The van der Waals surface area contributed by atoms with Gasteiger partial charge >= 0.3 is 6.18 Å². The highest BCUT2D eigenvalue weighted by Gasteiger charge is 2.37. The Balaban J connectivity index is 2.42. The van der Waals surface area contributed by atoms with E-state index < -0.39 is 11.7 Å². The molecule has 4 heteroatoms. The van der Waals surface area contributed by atoms with Crippen molar-refractivity contribution in [1.29, 1.82) is 0 Å². The molecule has 17 heavy (non-hydrogen) atoms. The SMILES string of the molecule is FC(F)(F)c1c(Br)cccc1C1CCCCC1. The fraction of sp³-hybridized carbons (Fsp3) is 0.538. The predicted molar refractivity (Wildman–Crippen MR) is 65.0 cm³/mol. The fourth-order valence-electron chi connectivity index (χ4n) is 2.59. The molecule has 0 unspecified atom stereocenters.